The van der Waals surface area contributed by atoms with Gasteiger partial charge in [0.2, 0.25) is 5.91 Å². The summed E-state index contributed by atoms with van der Waals surface area (Å²) in [5, 5.41) is 5.80. The molecule has 0 aliphatic carbocycles. The van der Waals surface area contributed by atoms with Crippen molar-refractivity contribution in [2.45, 2.75) is 19.4 Å². The SMILES string of the molecule is CNC(C)CNC(=O)Cc1cccc(F)c1. The average molecular weight is 224 g/mol. The third-order valence-electron chi connectivity index (χ3n) is 2.35. The van der Waals surface area contributed by atoms with Crippen LogP contribution in [0.3, 0.4) is 0 Å². The number of rotatable bonds is 5. The van der Waals surface area contributed by atoms with Gasteiger partial charge in [-0.1, -0.05) is 12.1 Å². The molecule has 2 N–H and O–H groups in total. The fraction of sp³-hybridized carbons (Fsp3) is 0.417. The smallest absolute Gasteiger partial charge is 0.224 e. The van der Waals surface area contributed by atoms with E-state index in [-0.39, 0.29) is 24.2 Å². The van der Waals surface area contributed by atoms with Gasteiger partial charge < -0.3 is 10.6 Å². The third kappa shape index (κ3) is 4.40. The Bertz CT molecular complexity index is 355. The summed E-state index contributed by atoms with van der Waals surface area (Å²) >= 11 is 0. The molecule has 0 aromatic heterocycles. The van der Waals surface area contributed by atoms with Crippen LogP contribution in [-0.2, 0) is 11.2 Å². The molecule has 0 saturated carbocycles. The maximum absolute atomic E-state index is 12.8. The first-order chi connectivity index (χ1) is 7.61. The van der Waals surface area contributed by atoms with Crippen LogP contribution in [0.25, 0.3) is 0 Å². The first-order valence-corrected chi connectivity index (χ1v) is 5.30. The van der Waals surface area contributed by atoms with E-state index in [9.17, 15) is 9.18 Å². The molecule has 1 amide bonds. The van der Waals surface area contributed by atoms with Crippen molar-refractivity contribution in [1.29, 1.82) is 0 Å². The highest BCUT2D eigenvalue weighted by molar-refractivity contribution is 5.78. The molecular formula is C12H17FN2O. The maximum Gasteiger partial charge on any atom is 0.224 e. The zero-order chi connectivity index (χ0) is 12.0. The van der Waals surface area contributed by atoms with Gasteiger partial charge in [0.25, 0.3) is 0 Å². The predicted octanol–water partition coefficient (Wildman–Crippen LogP) is 1.09. The fourth-order valence-corrected chi connectivity index (χ4v) is 1.26. The number of amides is 1. The molecule has 4 heteroatoms. The molecule has 0 bridgehead atoms. The van der Waals surface area contributed by atoms with Crippen LogP contribution in [-0.4, -0.2) is 25.5 Å². The molecule has 16 heavy (non-hydrogen) atoms. The van der Waals surface area contributed by atoms with Crippen LogP contribution in [0.4, 0.5) is 4.39 Å². The molecule has 0 saturated heterocycles. The lowest BCUT2D eigenvalue weighted by atomic mass is 10.1. The van der Waals surface area contributed by atoms with Gasteiger partial charge in [-0.15, -0.1) is 0 Å². The molecule has 1 unspecified atom stereocenters. The van der Waals surface area contributed by atoms with Gasteiger partial charge >= 0.3 is 0 Å². The number of nitrogens with one attached hydrogen (secondary N) is 2. The Hall–Kier alpha value is -1.42. The van der Waals surface area contributed by atoms with E-state index in [0.717, 1.165) is 0 Å². The van der Waals surface area contributed by atoms with Gasteiger partial charge in [0, 0.05) is 12.6 Å². The fourth-order valence-electron chi connectivity index (χ4n) is 1.26. The van der Waals surface area contributed by atoms with Gasteiger partial charge in [0.15, 0.2) is 0 Å². The van der Waals surface area contributed by atoms with Crippen molar-refractivity contribution in [3.8, 4) is 0 Å². The Morgan fingerprint density at radius 2 is 2.25 bits per heavy atom. The van der Waals surface area contributed by atoms with Crippen LogP contribution in [0.5, 0.6) is 0 Å². The van der Waals surface area contributed by atoms with Crippen molar-refractivity contribution < 1.29 is 9.18 Å². The zero-order valence-electron chi connectivity index (χ0n) is 9.59. The first kappa shape index (κ1) is 12.6. The third-order valence-corrected chi connectivity index (χ3v) is 2.35. The molecule has 0 heterocycles. The Labute approximate surface area is 95.0 Å². The Morgan fingerprint density at radius 3 is 2.88 bits per heavy atom. The van der Waals surface area contributed by atoms with Crippen molar-refractivity contribution in [2.24, 2.45) is 0 Å². The van der Waals surface area contributed by atoms with Crippen LogP contribution in [0.1, 0.15) is 12.5 Å². The summed E-state index contributed by atoms with van der Waals surface area (Å²) in [5.74, 6) is -0.401. The molecule has 1 rings (SSSR count). The van der Waals surface area contributed by atoms with Gasteiger partial charge in [-0.05, 0) is 31.7 Å². The van der Waals surface area contributed by atoms with Crippen LogP contribution < -0.4 is 10.6 Å². The van der Waals surface area contributed by atoms with Crippen LogP contribution in [0.2, 0.25) is 0 Å². The van der Waals surface area contributed by atoms with E-state index in [4.69, 9.17) is 0 Å². The second kappa shape index (κ2) is 6.23. The molecule has 0 radical (unpaired) electrons. The summed E-state index contributed by atoms with van der Waals surface area (Å²) in [6, 6.07) is 6.32. The maximum atomic E-state index is 12.8. The minimum absolute atomic E-state index is 0.0901. The van der Waals surface area contributed by atoms with Crippen molar-refractivity contribution in [2.75, 3.05) is 13.6 Å². The molecule has 1 aromatic rings. The van der Waals surface area contributed by atoms with Gasteiger partial charge in [-0.2, -0.15) is 0 Å². The van der Waals surface area contributed by atoms with Gasteiger partial charge in [-0.25, -0.2) is 4.39 Å². The van der Waals surface area contributed by atoms with Crippen molar-refractivity contribution in [3.05, 3.63) is 35.6 Å². The van der Waals surface area contributed by atoms with E-state index in [1.165, 1.54) is 12.1 Å². The Morgan fingerprint density at radius 1 is 1.50 bits per heavy atom. The number of carbonyl (C=O) groups excluding carboxylic acids is 1. The molecule has 0 aliphatic heterocycles. The summed E-state index contributed by atoms with van der Waals surface area (Å²) in [4.78, 5) is 11.5. The monoisotopic (exact) mass is 224 g/mol. The lowest BCUT2D eigenvalue weighted by Gasteiger charge is -2.11. The highest BCUT2D eigenvalue weighted by Crippen LogP contribution is 2.03. The van der Waals surface area contributed by atoms with Gasteiger partial charge in [0.05, 0.1) is 6.42 Å². The summed E-state index contributed by atoms with van der Waals surface area (Å²) in [5.41, 5.74) is 0.689. The molecule has 1 aromatic carbocycles. The average Bonchev–Trinajstić information content (AvgIpc) is 2.26. The minimum Gasteiger partial charge on any atom is -0.354 e. The summed E-state index contributed by atoms with van der Waals surface area (Å²) in [6.45, 7) is 2.55. The van der Waals surface area contributed by atoms with E-state index in [1.807, 2.05) is 14.0 Å². The minimum atomic E-state index is -0.311. The number of hydrogen-bond donors (Lipinski definition) is 2. The lowest BCUT2D eigenvalue weighted by molar-refractivity contribution is -0.120. The van der Waals surface area contributed by atoms with E-state index >= 15 is 0 Å². The summed E-state index contributed by atoms with van der Waals surface area (Å²) < 4.78 is 12.8. The van der Waals surface area contributed by atoms with Gasteiger partial charge in [-0.3, -0.25) is 4.79 Å². The quantitative estimate of drug-likeness (QED) is 0.786. The largest absolute Gasteiger partial charge is 0.354 e. The number of likely N-dealkylation sites (N-methyl/N-ethyl adjacent to an activating group) is 1. The predicted molar refractivity (Wildman–Crippen MR) is 61.6 cm³/mol. The molecule has 88 valence electrons. The van der Waals surface area contributed by atoms with E-state index in [0.29, 0.717) is 12.1 Å². The van der Waals surface area contributed by atoms with Crippen LogP contribution in [0.15, 0.2) is 24.3 Å². The zero-order valence-corrected chi connectivity index (χ0v) is 9.59. The molecule has 0 aliphatic rings. The van der Waals surface area contributed by atoms with Crippen LogP contribution in [0, 0.1) is 5.82 Å². The standard InChI is InChI=1S/C12H17FN2O/c1-9(14-2)8-15-12(16)7-10-4-3-5-11(13)6-10/h3-6,9,14H,7-8H2,1-2H3,(H,15,16). The van der Waals surface area contributed by atoms with Crippen LogP contribution >= 0.6 is 0 Å². The highest BCUT2D eigenvalue weighted by atomic mass is 19.1. The number of halogens is 1. The van der Waals surface area contributed by atoms with Crippen molar-refractivity contribution in [3.63, 3.8) is 0 Å². The molecule has 0 fully saturated rings. The van der Waals surface area contributed by atoms with Crippen molar-refractivity contribution >= 4 is 5.91 Å². The number of carbonyl (C=O) groups is 1. The normalized spacial score (nSPS) is 12.2. The van der Waals surface area contributed by atoms with E-state index in [2.05, 4.69) is 10.6 Å². The van der Waals surface area contributed by atoms with Crippen molar-refractivity contribution in [1.82, 2.24) is 10.6 Å². The molecule has 0 spiro atoms. The van der Waals surface area contributed by atoms with E-state index in [1.54, 1.807) is 12.1 Å². The Kier molecular flexibility index (Phi) is 4.92. The molecule has 3 nitrogen and oxygen atoms in total. The first-order valence-electron chi connectivity index (χ1n) is 5.30. The van der Waals surface area contributed by atoms with E-state index < -0.39 is 0 Å². The number of hydrogen-bond acceptors (Lipinski definition) is 2. The second-order valence-electron chi connectivity index (χ2n) is 3.80. The van der Waals surface area contributed by atoms with Gasteiger partial charge in [0.1, 0.15) is 5.82 Å². The second-order valence-corrected chi connectivity index (χ2v) is 3.80. The molecular weight excluding hydrogens is 207 g/mol. The molecule has 1 atom stereocenters. The summed E-state index contributed by atoms with van der Waals surface area (Å²) in [7, 11) is 1.84. The lowest BCUT2D eigenvalue weighted by Crippen LogP contribution is -2.37. The topological polar surface area (TPSA) is 41.1 Å². The summed E-state index contributed by atoms with van der Waals surface area (Å²) in [6.07, 6.45) is 0.216. The highest BCUT2D eigenvalue weighted by Gasteiger charge is 2.05. The number of benzene rings is 1. The Balaban J connectivity index is 2.40.